The number of likely N-dealkylation sites (N-methyl/N-ethyl adjacent to an activating group) is 1. The molecule has 0 bridgehead atoms. The van der Waals surface area contributed by atoms with E-state index in [0.29, 0.717) is 12.5 Å². The summed E-state index contributed by atoms with van der Waals surface area (Å²) in [5, 5.41) is 0. The molecule has 2 heterocycles. The first kappa shape index (κ1) is 14.2. The standard InChI is InChI=1S/C18H20N4O/c1-21-17-15(14-9-19-12-20-10-14)7-8-16(17)22(18(21)23)11-13-5-3-2-4-6-13/h2-6,9-10,12,15-17H,7-8,11H2,1H3/t15-,16-,17+/m0/s1. The molecule has 3 atom stereocenters. The SMILES string of the molecule is CN1C(=O)N(Cc2ccccc2)[C@H]2CC[C@@H](c3cncnc3)[C@H]21. The first-order valence-corrected chi connectivity index (χ1v) is 8.08. The van der Waals surface area contributed by atoms with E-state index < -0.39 is 0 Å². The Balaban J connectivity index is 1.60. The second kappa shape index (κ2) is 5.65. The lowest BCUT2D eigenvalue weighted by molar-refractivity contribution is 0.185. The number of carbonyl (C=O) groups excluding carboxylic acids is 1. The van der Waals surface area contributed by atoms with Gasteiger partial charge >= 0.3 is 6.03 Å². The van der Waals surface area contributed by atoms with Crippen molar-refractivity contribution in [2.45, 2.75) is 37.4 Å². The number of carbonyl (C=O) groups is 1. The molecule has 2 amide bonds. The number of amides is 2. The Bertz CT molecular complexity index is 691. The fraction of sp³-hybridized carbons (Fsp3) is 0.389. The molecular weight excluding hydrogens is 288 g/mol. The van der Waals surface area contributed by atoms with Gasteiger partial charge in [-0.3, -0.25) is 0 Å². The lowest BCUT2D eigenvalue weighted by Crippen LogP contribution is -2.34. The lowest BCUT2D eigenvalue weighted by atomic mass is 9.95. The summed E-state index contributed by atoms with van der Waals surface area (Å²) >= 11 is 0. The molecule has 2 fully saturated rings. The van der Waals surface area contributed by atoms with Crippen LogP contribution in [0.15, 0.2) is 49.1 Å². The number of benzene rings is 1. The summed E-state index contributed by atoms with van der Waals surface area (Å²) < 4.78 is 0. The molecule has 5 heteroatoms. The molecule has 23 heavy (non-hydrogen) atoms. The average molecular weight is 308 g/mol. The Kier molecular flexibility index (Phi) is 3.48. The van der Waals surface area contributed by atoms with Gasteiger partial charge < -0.3 is 9.80 Å². The fourth-order valence-corrected chi connectivity index (χ4v) is 4.13. The van der Waals surface area contributed by atoms with E-state index in [4.69, 9.17) is 0 Å². The minimum atomic E-state index is 0.130. The number of nitrogens with zero attached hydrogens (tertiary/aromatic N) is 4. The topological polar surface area (TPSA) is 49.3 Å². The normalized spacial score (nSPS) is 26.7. The van der Waals surface area contributed by atoms with Crippen LogP contribution in [0.2, 0.25) is 0 Å². The highest BCUT2D eigenvalue weighted by Crippen LogP contribution is 2.44. The summed E-state index contributed by atoms with van der Waals surface area (Å²) in [7, 11) is 1.92. The molecule has 1 aliphatic heterocycles. The first-order valence-electron chi connectivity index (χ1n) is 8.08. The van der Waals surface area contributed by atoms with Crippen LogP contribution in [-0.2, 0) is 6.54 Å². The fourth-order valence-electron chi connectivity index (χ4n) is 4.13. The smallest absolute Gasteiger partial charge is 0.320 e. The van der Waals surface area contributed by atoms with Gasteiger partial charge in [0.2, 0.25) is 0 Å². The van der Waals surface area contributed by atoms with Crippen molar-refractivity contribution in [1.82, 2.24) is 19.8 Å². The van der Waals surface area contributed by atoms with E-state index in [2.05, 4.69) is 22.1 Å². The Hall–Kier alpha value is -2.43. The maximum Gasteiger partial charge on any atom is 0.320 e. The van der Waals surface area contributed by atoms with Gasteiger partial charge in [-0.15, -0.1) is 0 Å². The van der Waals surface area contributed by atoms with Gasteiger partial charge in [-0.1, -0.05) is 30.3 Å². The van der Waals surface area contributed by atoms with E-state index >= 15 is 0 Å². The highest BCUT2D eigenvalue weighted by Gasteiger charge is 2.51. The van der Waals surface area contributed by atoms with E-state index in [-0.39, 0.29) is 18.1 Å². The van der Waals surface area contributed by atoms with Gasteiger partial charge in [0.1, 0.15) is 6.33 Å². The van der Waals surface area contributed by atoms with Gasteiger partial charge in [0.05, 0.1) is 12.1 Å². The van der Waals surface area contributed by atoms with Crippen LogP contribution in [0.3, 0.4) is 0 Å². The van der Waals surface area contributed by atoms with Crippen molar-refractivity contribution in [2.24, 2.45) is 0 Å². The second-order valence-electron chi connectivity index (χ2n) is 6.42. The third-order valence-electron chi connectivity index (χ3n) is 5.18. The van der Waals surface area contributed by atoms with E-state index in [1.54, 1.807) is 6.33 Å². The van der Waals surface area contributed by atoms with Crippen molar-refractivity contribution < 1.29 is 4.79 Å². The largest absolute Gasteiger partial charge is 0.322 e. The van der Waals surface area contributed by atoms with Crippen LogP contribution in [0.1, 0.15) is 29.9 Å². The molecule has 2 aromatic rings. The van der Waals surface area contributed by atoms with Gasteiger partial charge in [-0.2, -0.15) is 0 Å². The molecule has 1 saturated heterocycles. The van der Waals surface area contributed by atoms with E-state index in [0.717, 1.165) is 18.4 Å². The second-order valence-corrected chi connectivity index (χ2v) is 6.42. The van der Waals surface area contributed by atoms with Gasteiger partial charge in [-0.25, -0.2) is 14.8 Å². The van der Waals surface area contributed by atoms with Crippen LogP contribution in [0, 0.1) is 0 Å². The minimum Gasteiger partial charge on any atom is -0.322 e. The van der Waals surface area contributed by atoms with Crippen LogP contribution < -0.4 is 0 Å². The van der Waals surface area contributed by atoms with E-state index in [1.165, 1.54) is 5.56 Å². The monoisotopic (exact) mass is 308 g/mol. The summed E-state index contributed by atoms with van der Waals surface area (Å²) in [5.74, 6) is 0.330. The number of hydrogen-bond acceptors (Lipinski definition) is 3. The predicted molar refractivity (Wildman–Crippen MR) is 86.7 cm³/mol. The Morgan fingerprint density at radius 2 is 1.87 bits per heavy atom. The molecule has 2 aliphatic rings. The van der Waals surface area contributed by atoms with Crippen LogP contribution >= 0.6 is 0 Å². The summed E-state index contributed by atoms with van der Waals surface area (Å²) in [6.07, 6.45) is 7.44. The van der Waals surface area contributed by atoms with Crippen molar-refractivity contribution in [1.29, 1.82) is 0 Å². The van der Waals surface area contributed by atoms with Crippen molar-refractivity contribution in [3.63, 3.8) is 0 Å². The van der Waals surface area contributed by atoms with Crippen LogP contribution in [0.5, 0.6) is 0 Å². The summed E-state index contributed by atoms with van der Waals surface area (Å²) in [6.45, 7) is 0.684. The Labute approximate surface area is 136 Å². The van der Waals surface area contributed by atoms with Gasteiger partial charge in [-0.05, 0) is 24.0 Å². The zero-order valence-electron chi connectivity index (χ0n) is 13.2. The number of rotatable bonds is 3. The van der Waals surface area contributed by atoms with Gasteiger partial charge in [0.25, 0.3) is 0 Å². The quantitative estimate of drug-likeness (QED) is 0.876. The molecule has 1 aromatic heterocycles. The number of hydrogen-bond donors (Lipinski definition) is 0. The first-order chi connectivity index (χ1) is 11.3. The molecule has 0 N–H and O–H groups in total. The van der Waals surface area contributed by atoms with Crippen molar-refractivity contribution in [2.75, 3.05) is 7.05 Å². The Morgan fingerprint density at radius 1 is 1.13 bits per heavy atom. The highest BCUT2D eigenvalue weighted by molar-refractivity contribution is 5.78. The number of urea groups is 1. The summed E-state index contributed by atoms with van der Waals surface area (Å²) in [4.78, 5) is 25.0. The molecule has 0 unspecified atom stereocenters. The molecule has 0 radical (unpaired) electrons. The van der Waals surface area contributed by atoms with Crippen LogP contribution in [0.4, 0.5) is 4.79 Å². The maximum absolute atomic E-state index is 12.7. The van der Waals surface area contributed by atoms with Gasteiger partial charge in [0.15, 0.2) is 0 Å². The van der Waals surface area contributed by atoms with Crippen LogP contribution in [0.25, 0.3) is 0 Å². The molecule has 1 aliphatic carbocycles. The predicted octanol–water partition coefficient (Wildman–Crippen LogP) is 2.66. The van der Waals surface area contributed by atoms with Gasteiger partial charge in [0, 0.05) is 31.9 Å². The summed E-state index contributed by atoms with van der Waals surface area (Å²) in [6, 6.07) is 10.8. The van der Waals surface area contributed by atoms with Crippen LogP contribution in [-0.4, -0.2) is 44.9 Å². The maximum atomic E-state index is 12.7. The third kappa shape index (κ3) is 2.36. The zero-order valence-corrected chi connectivity index (χ0v) is 13.2. The zero-order chi connectivity index (χ0) is 15.8. The van der Waals surface area contributed by atoms with E-state index in [9.17, 15) is 4.79 Å². The molecule has 4 rings (SSSR count). The van der Waals surface area contributed by atoms with Crippen molar-refractivity contribution in [3.05, 3.63) is 60.2 Å². The molecule has 118 valence electrons. The number of aromatic nitrogens is 2. The summed E-state index contributed by atoms with van der Waals surface area (Å²) in [5.41, 5.74) is 2.32. The van der Waals surface area contributed by atoms with E-state index in [1.807, 2.05) is 47.4 Å². The Morgan fingerprint density at radius 3 is 2.61 bits per heavy atom. The highest BCUT2D eigenvalue weighted by atomic mass is 16.2. The average Bonchev–Trinajstić information content (AvgIpc) is 3.13. The molecule has 5 nitrogen and oxygen atoms in total. The van der Waals surface area contributed by atoms with Crippen molar-refractivity contribution in [3.8, 4) is 0 Å². The molecule has 0 spiro atoms. The molecule has 1 saturated carbocycles. The number of fused-ring (bicyclic) bond motifs is 1. The molecule has 1 aromatic carbocycles. The van der Waals surface area contributed by atoms with Crippen molar-refractivity contribution >= 4 is 6.03 Å². The minimum absolute atomic E-state index is 0.130. The lowest BCUT2D eigenvalue weighted by Gasteiger charge is -2.24. The molecular formula is C18H20N4O. The third-order valence-corrected chi connectivity index (χ3v) is 5.18.